The maximum atomic E-state index is 12.7. The molecule has 2 amide bonds. The van der Waals surface area contributed by atoms with Crippen LogP contribution < -0.4 is 5.32 Å². The van der Waals surface area contributed by atoms with Crippen molar-refractivity contribution in [2.45, 2.75) is 40.0 Å². The largest absolute Gasteiger partial charge is 0.355 e. The minimum absolute atomic E-state index is 0.00618. The molecule has 5 heteroatoms. The van der Waals surface area contributed by atoms with Gasteiger partial charge in [-0.2, -0.15) is 0 Å². The summed E-state index contributed by atoms with van der Waals surface area (Å²) >= 11 is 0. The summed E-state index contributed by atoms with van der Waals surface area (Å²) in [5.74, 6) is 0.205. The molecule has 1 N–H and O–H groups in total. The van der Waals surface area contributed by atoms with Crippen LogP contribution in [0.25, 0.3) is 0 Å². The second kappa shape index (κ2) is 9.36. The van der Waals surface area contributed by atoms with Crippen molar-refractivity contribution in [3.8, 4) is 0 Å². The Labute approximate surface area is 164 Å². The molecule has 5 nitrogen and oxygen atoms in total. The van der Waals surface area contributed by atoms with Crippen LogP contribution in [0.1, 0.15) is 49.5 Å². The average Bonchev–Trinajstić information content (AvgIpc) is 2.65. The summed E-state index contributed by atoms with van der Waals surface area (Å²) < 4.78 is 0. The molecule has 1 saturated heterocycles. The van der Waals surface area contributed by atoms with Crippen molar-refractivity contribution in [3.63, 3.8) is 0 Å². The minimum Gasteiger partial charge on any atom is -0.355 e. The van der Waals surface area contributed by atoms with E-state index in [2.05, 4.69) is 31.0 Å². The van der Waals surface area contributed by atoms with Crippen LogP contribution in [0, 0.1) is 11.3 Å². The number of nitrogens with zero attached hydrogens (tertiary/aromatic N) is 2. The van der Waals surface area contributed by atoms with Gasteiger partial charge in [-0.15, -0.1) is 0 Å². The molecule has 0 radical (unpaired) electrons. The van der Waals surface area contributed by atoms with Gasteiger partial charge < -0.3 is 15.1 Å². The monoisotopic (exact) mass is 373 g/mol. The van der Waals surface area contributed by atoms with Crippen molar-refractivity contribution < 1.29 is 9.59 Å². The summed E-state index contributed by atoms with van der Waals surface area (Å²) in [6, 6.07) is 7.85. The summed E-state index contributed by atoms with van der Waals surface area (Å²) in [7, 11) is 4.10. The molecule has 150 valence electrons. The number of carbonyl (C=O) groups is 2. The number of piperidine rings is 1. The lowest BCUT2D eigenvalue weighted by Crippen LogP contribution is -2.46. The van der Waals surface area contributed by atoms with Crippen LogP contribution in [0.2, 0.25) is 0 Å². The minimum atomic E-state index is 0.00618. The molecule has 0 saturated carbocycles. The summed E-state index contributed by atoms with van der Waals surface area (Å²) in [6.07, 6.45) is 2.44. The smallest absolute Gasteiger partial charge is 0.253 e. The number of benzene rings is 1. The topological polar surface area (TPSA) is 52.7 Å². The summed E-state index contributed by atoms with van der Waals surface area (Å²) in [6.45, 7) is 9.33. The molecule has 27 heavy (non-hydrogen) atoms. The number of likely N-dealkylation sites (tertiary alicyclic amines) is 1. The SMILES string of the molecule is CCc1ccc(C(=O)N2CCC(C(=O)NCC(C)(C)CN(C)C)CC2)cc1. The standard InChI is InChI=1S/C22H35N3O2/c1-6-17-7-9-19(10-8-17)21(27)25-13-11-18(12-14-25)20(26)23-15-22(2,3)16-24(4)5/h7-10,18H,6,11-16H2,1-5H3,(H,23,26). The number of hydrogen-bond donors (Lipinski definition) is 1. The first-order chi connectivity index (χ1) is 12.7. The Kier molecular flexibility index (Phi) is 7.42. The van der Waals surface area contributed by atoms with Gasteiger partial charge in [0.05, 0.1) is 0 Å². The molecule has 0 bridgehead atoms. The molecule has 0 aromatic heterocycles. The fourth-order valence-corrected chi connectivity index (χ4v) is 3.79. The zero-order valence-corrected chi connectivity index (χ0v) is 17.5. The number of carbonyl (C=O) groups excluding carboxylic acids is 2. The average molecular weight is 374 g/mol. The Bertz CT molecular complexity index is 629. The van der Waals surface area contributed by atoms with E-state index < -0.39 is 0 Å². The van der Waals surface area contributed by atoms with Crippen LogP contribution in [0.15, 0.2) is 24.3 Å². The quantitative estimate of drug-likeness (QED) is 0.800. The number of rotatable bonds is 7. The molecule has 1 aliphatic heterocycles. The van der Waals surface area contributed by atoms with E-state index in [4.69, 9.17) is 0 Å². The Balaban J connectivity index is 1.81. The van der Waals surface area contributed by atoms with Crippen molar-refractivity contribution >= 4 is 11.8 Å². The van der Waals surface area contributed by atoms with Crippen LogP contribution in [0.3, 0.4) is 0 Å². The third-order valence-corrected chi connectivity index (χ3v) is 5.25. The van der Waals surface area contributed by atoms with E-state index in [0.29, 0.717) is 19.6 Å². The van der Waals surface area contributed by atoms with Crippen LogP contribution in [-0.4, -0.2) is 61.9 Å². The Morgan fingerprint density at radius 1 is 1.15 bits per heavy atom. The molecular weight excluding hydrogens is 338 g/mol. The Morgan fingerprint density at radius 2 is 1.74 bits per heavy atom. The first-order valence-corrected chi connectivity index (χ1v) is 10.0. The zero-order chi connectivity index (χ0) is 20.0. The predicted octanol–water partition coefficient (Wildman–Crippen LogP) is 2.81. The third kappa shape index (κ3) is 6.35. The van der Waals surface area contributed by atoms with E-state index in [9.17, 15) is 9.59 Å². The summed E-state index contributed by atoms with van der Waals surface area (Å²) in [5.41, 5.74) is 2.01. The maximum absolute atomic E-state index is 12.7. The van der Waals surface area contributed by atoms with Gasteiger partial charge in [0.15, 0.2) is 0 Å². The number of aryl methyl sites for hydroxylation is 1. The van der Waals surface area contributed by atoms with Crippen molar-refractivity contribution in [2.24, 2.45) is 11.3 Å². The van der Waals surface area contributed by atoms with E-state index >= 15 is 0 Å². The molecule has 0 atom stereocenters. The van der Waals surface area contributed by atoms with Gasteiger partial charge >= 0.3 is 0 Å². The number of nitrogens with one attached hydrogen (secondary N) is 1. The van der Waals surface area contributed by atoms with Crippen LogP contribution in [0.5, 0.6) is 0 Å². The fraction of sp³-hybridized carbons (Fsp3) is 0.636. The first kappa shape index (κ1) is 21.4. The van der Waals surface area contributed by atoms with Crippen molar-refractivity contribution in [1.82, 2.24) is 15.1 Å². The molecule has 1 fully saturated rings. The lowest BCUT2D eigenvalue weighted by molar-refractivity contribution is -0.126. The molecular formula is C22H35N3O2. The number of amides is 2. The van der Waals surface area contributed by atoms with Gasteiger partial charge in [-0.05, 0) is 56.5 Å². The van der Waals surface area contributed by atoms with Gasteiger partial charge in [0.25, 0.3) is 5.91 Å². The van der Waals surface area contributed by atoms with Crippen LogP contribution >= 0.6 is 0 Å². The second-order valence-corrected chi connectivity index (χ2v) is 8.74. The molecule has 1 aliphatic rings. The van der Waals surface area contributed by atoms with Crippen molar-refractivity contribution in [1.29, 1.82) is 0 Å². The van der Waals surface area contributed by atoms with Crippen molar-refractivity contribution in [3.05, 3.63) is 35.4 Å². The molecule has 0 spiro atoms. The van der Waals surface area contributed by atoms with Gasteiger partial charge in [0.1, 0.15) is 0 Å². The van der Waals surface area contributed by atoms with Gasteiger partial charge in [-0.3, -0.25) is 9.59 Å². The second-order valence-electron chi connectivity index (χ2n) is 8.74. The molecule has 0 aliphatic carbocycles. The van der Waals surface area contributed by atoms with Gasteiger partial charge in [-0.1, -0.05) is 32.9 Å². The predicted molar refractivity (Wildman–Crippen MR) is 110 cm³/mol. The van der Waals surface area contributed by atoms with Gasteiger partial charge in [-0.25, -0.2) is 0 Å². The summed E-state index contributed by atoms with van der Waals surface area (Å²) in [4.78, 5) is 29.2. The Morgan fingerprint density at radius 3 is 2.26 bits per heavy atom. The highest BCUT2D eigenvalue weighted by molar-refractivity contribution is 5.94. The van der Waals surface area contributed by atoms with Gasteiger partial charge in [0, 0.05) is 37.7 Å². The molecule has 0 unspecified atom stereocenters. The number of hydrogen-bond acceptors (Lipinski definition) is 3. The van der Waals surface area contributed by atoms with Gasteiger partial charge in [0.2, 0.25) is 5.91 Å². The lowest BCUT2D eigenvalue weighted by atomic mass is 9.91. The van der Waals surface area contributed by atoms with E-state index in [-0.39, 0.29) is 23.1 Å². The summed E-state index contributed by atoms with van der Waals surface area (Å²) in [5, 5.41) is 3.12. The van der Waals surface area contributed by atoms with E-state index in [1.165, 1.54) is 5.56 Å². The first-order valence-electron chi connectivity index (χ1n) is 10.0. The highest BCUT2D eigenvalue weighted by Crippen LogP contribution is 2.21. The fourth-order valence-electron chi connectivity index (χ4n) is 3.79. The highest BCUT2D eigenvalue weighted by Gasteiger charge is 2.29. The Hall–Kier alpha value is -1.88. The van der Waals surface area contributed by atoms with Crippen molar-refractivity contribution in [2.75, 3.05) is 40.3 Å². The van der Waals surface area contributed by atoms with Crippen LogP contribution in [0.4, 0.5) is 0 Å². The van der Waals surface area contributed by atoms with E-state index in [1.807, 2.05) is 43.3 Å². The van der Waals surface area contributed by atoms with E-state index in [0.717, 1.165) is 31.4 Å². The normalized spacial score (nSPS) is 15.9. The lowest BCUT2D eigenvalue weighted by Gasteiger charge is -2.33. The van der Waals surface area contributed by atoms with Crippen LogP contribution in [-0.2, 0) is 11.2 Å². The molecule has 1 heterocycles. The van der Waals surface area contributed by atoms with E-state index in [1.54, 1.807) is 0 Å². The maximum Gasteiger partial charge on any atom is 0.253 e. The highest BCUT2D eigenvalue weighted by atomic mass is 16.2. The molecule has 1 aromatic rings. The zero-order valence-electron chi connectivity index (χ0n) is 17.5. The molecule has 2 rings (SSSR count). The third-order valence-electron chi connectivity index (χ3n) is 5.25. The molecule has 1 aromatic carbocycles.